The zero-order valence-corrected chi connectivity index (χ0v) is 54.1. The van der Waals surface area contributed by atoms with Crippen LogP contribution in [0.25, 0.3) is 93.9 Å². The van der Waals surface area contributed by atoms with E-state index < -0.39 is 6.71 Å². The molecule has 0 fully saturated rings. The Morgan fingerprint density at radius 1 is 0.280 bits per heavy atom. The maximum Gasteiger partial charge on any atom is 0.260 e. The molecule has 0 radical (unpaired) electrons. The van der Waals surface area contributed by atoms with Gasteiger partial charge in [0.1, 0.15) is 23.0 Å². The standard InChI is InChI=1S/C92H56B2N4O2/c1-96-72-54-75(66-38-22-8-23-39-66)92(76(55-72)67-40-24-9-25-41-67)97-81-48-68(60-26-10-2-11-27-60)42-44-77(81)93-79-56-80-86(100-88-53-71(63-32-16-5-17-33-63)52-87-90(88)94(80)78-45-43-69(51-85(78)99-87)61-28-12-3-13-29-61)57-82(79)98(84-50-70(49-83(97)89(84)93)62-30-14-4-15-31-62)91-73(64-34-18-6-19-35-64)46-59(58-95)47-74(91)65-36-20-7-21-37-65/h2-57H. The Bertz CT molecular complexity index is 5750. The Balaban J connectivity index is 0.980. The maximum atomic E-state index is 11.2. The van der Waals surface area contributed by atoms with Gasteiger partial charge >= 0.3 is 0 Å². The smallest absolute Gasteiger partial charge is 0.260 e. The first-order valence-corrected chi connectivity index (χ1v) is 33.8. The van der Waals surface area contributed by atoms with Gasteiger partial charge in [-0.05, 0) is 166 Å². The minimum atomic E-state index is -0.398. The highest BCUT2D eigenvalue weighted by atomic mass is 16.5. The fourth-order valence-electron chi connectivity index (χ4n) is 15.9. The van der Waals surface area contributed by atoms with Gasteiger partial charge in [0, 0.05) is 45.4 Å². The Morgan fingerprint density at radius 2 is 0.620 bits per heavy atom. The molecule has 100 heavy (non-hydrogen) atoms. The van der Waals surface area contributed by atoms with Crippen LogP contribution in [-0.4, -0.2) is 13.4 Å². The van der Waals surface area contributed by atoms with Crippen LogP contribution in [0.5, 0.6) is 23.0 Å². The number of fused-ring (bicyclic) bond motifs is 8. The number of nitriles is 1. The van der Waals surface area contributed by atoms with E-state index in [2.05, 4.69) is 354 Å². The SMILES string of the molecule is [C-]#[N+]c1cc(-c2ccccc2)c(N2c3cc(-c4ccccc4)ccc3B3c4cc5c(cc4N(c4c(-c6ccccc6)cc(C#N)cc4-c4ccccc4)c4cc(-c6ccccc6)cc2c43)Oc2cc(-c3ccccc3)cc3c2B5c2ccc(-c4ccccc4)cc2O3)c(-c2ccccc2)c1. The maximum absolute atomic E-state index is 11.2. The van der Waals surface area contributed by atoms with Crippen molar-refractivity contribution in [1.82, 2.24) is 0 Å². The van der Waals surface area contributed by atoms with E-state index in [9.17, 15) is 5.26 Å². The lowest BCUT2D eigenvalue weighted by Crippen LogP contribution is -2.64. The van der Waals surface area contributed by atoms with Crippen molar-refractivity contribution in [2.24, 2.45) is 0 Å². The van der Waals surface area contributed by atoms with Gasteiger partial charge in [-0.25, -0.2) is 4.85 Å². The lowest BCUT2D eigenvalue weighted by atomic mass is 9.30. The van der Waals surface area contributed by atoms with Crippen LogP contribution in [0.3, 0.4) is 0 Å². The predicted octanol–water partition coefficient (Wildman–Crippen LogP) is 20.3. The van der Waals surface area contributed by atoms with Crippen molar-refractivity contribution in [2.45, 2.75) is 0 Å². The lowest BCUT2D eigenvalue weighted by Gasteiger charge is -2.46. The summed E-state index contributed by atoms with van der Waals surface area (Å²) < 4.78 is 14.9. The van der Waals surface area contributed by atoms with Crippen LogP contribution in [0, 0.1) is 17.9 Å². The van der Waals surface area contributed by atoms with E-state index in [1.54, 1.807) is 0 Å². The average Bonchev–Trinajstić information content (AvgIpc) is 0.684. The zero-order chi connectivity index (χ0) is 66.4. The molecule has 6 nitrogen and oxygen atoms in total. The van der Waals surface area contributed by atoms with Crippen LogP contribution in [0.2, 0.25) is 0 Å². The minimum absolute atomic E-state index is 0.315. The van der Waals surface area contributed by atoms with Gasteiger partial charge in [-0.15, -0.1) is 0 Å². The number of anilines is 6. The molecule has 462 valence electrons. The molecule has 0 bridgehead atoms. The third-order valence-electron chi connectivity index (χ3n) is 20.3. The number of hydrogen-bond acceptors (Lipinski definition) is 5. The van der Waals surface area contributed by atoms with E-state index in [-0.39, 0.29) is 6.71 Å². The van der Waals surface area contributed by atoms with Crippen molar-refractivity contribution in [1.29, 1.82) is 5.26 Å². The topological polar surface area (TPSA) is 53.1 Å². The molecular formula is C92H56B2N4O2. The van der Waals surface area contributed by atoms with Gasteiger partial charge in [-0.1, -0.05) is 273 Å². The summed E-state index contributed by atoms with van der Waals surface area (Å²) in [7, 11) is 0. The zero-order valence-electron chi connectivity index (χ0n) is 54.1. The van der Waals surface area contributed by atoms with E-state index in [0.717, 1.165) is 179 Å². The van der Waals surface area contributed by atoms with E-state index in [1.165, 1.54) is 0 Å². The summed E-state index contributed by atoms with van der Waals surface area (Å²) in [6.07, 6.45) is 0. The van der Waals surface area contributed by atoms with Crippen molar-refractivity contribution in [3.8, 4) is 118 Å². The summed E-state index contributed by atoms with van der Waals surface area (Å²) in [5.74, 6) is 3.01. The summed E-state index contributed by atoms with van der Waals surface area (Å²) >= 11 is 0. The summed E-state index contributed by atoms with van der Waals surface area (Å²) in [4.78, 5) is 9.28. The molecule has 4 aliphatic rings. The molecule has 0 N–H and O–H groups in total. The Morgan fingerprint density at radius 3 is 1.05 bits per heavy atom. The third-order valence-corrected chi connectivity index (χ3v) is 20.3. The van der Waals surface area contributed by atoms with Crippen LogP contribution in [0.1, 0.15) is 5.56 Å². The highest BCUT2D eigenvalue weighted by Crippen LogP contribution is 2.56. The Labute approximate surface area is 581 Å². The van der Waals surface area contributed by atoms with Crippen molar-refractivity contribution in [2.75, 3.05) is 9.80 Å². The first-order chi connectivity index (χ1) is 49.5. The molecule has 4 aliphatic heterocycles. The molecule has 0 aliphatic carbocycles. The average molecular weight is 1270 g/mol. The Hall–Kier alpha value is -13.4. The summed E-state index contributed by atoms with van der Waals surface area (Å²) in [6.45, 7) is 8.04. The Kier molecular flexibility index (Phi) is 13.8. The van der Waals surface area contributed by atoms with Crippen LogP contribution < -0.4 is 52.1 Å². The quantitative estimate of drug-likeness (QED) is 0.101. The normalized spacial score (nSPS) is 12.5. The van der Waals surface area contributed by atoms with Gasteiger partial charge in [0.05, 0.1) is 29.6 Å². The van der Waals surface area contributed by atoms with Crippen molar-refractivity contribution < 1.29 is 9.47 Å². The number of hydrogen-bond donors (Lipinski definition) is 0. The van der Waals surface area contributed by atoms with Crippen LogP contribution in [0.4, 0.5) is 39.8 Å². The molecule has 4 heterocycles. The molecule has 19 rings (SSSR count). The highest BCUT2D eigenvalue weighted by molar-refractivity contribution is 7.02. The molecule has 0 spiro atoms. The largest absolute Gasteiger partial charge is 0.458 e. The van der Waals surface area contributed by atoms with E-state index >= 15 is 0 Å². The molecule has 0 atom stereocenters. The predicted molar refractivity (Wildman–Crippen MR) is 413 cm³/mol. The van der Waals surface area contributed by atoms with Gasteiger partial charge in [-0.3, -0.25) is 0 Å². The fraction of sp³-hybridized carbons (Fsp3) is 0. The lowest BCUT2D eigenvalue weighted by molar-refractivity contribution is 0.465. The number of nitrogens with zero attached hydrogens (tertiary/aromatic N) is 4. The first-order valence-electron chi connectivity index (χ1n) is 33.8. The molecule has 0 aromatic heterocycles. The number of rotatable bonds is 10. The summed E-state index contributed by atoms with van der Waals surface area (Å²) in [6, 6.07) is 123. The fourth-order valence-corrected chi connectivity index (χ4v) is 15.9. The summed E-state index contributed by atoms with van der Waals surface area (Å²) in [5, 5.41) is 11.2. The van der Waals surface area contributed by atoms with Crippen LogP contribution in [-0.2, 0) is 0 Å². The van der Waals surface area contributed by atoms with Crippen LogP contribution >= 0.6 is 0 Å². The highest BCUT2D eigenvalue weighted by Gasteiger charge is 2.49. The van der Waals surface area contributed by atoms with Crippen molar-refractivity contribution in [3.05, 3.63) is 357 Å². The van der Waals surface area contributed by atoms with Gasteiger partial charge < -0.3 is 19.3 Å². The second-order valence-corrected chi connectivity index (χ2v) is 26.0. The molecule has 8 heteroatoms. The van der Waals surface area contributed by atoms with Crippen molar-refractivity contribution in [3.63, 3.8) is 0 Å². The van der Waals surface area contributed by atoms with Crippen molar-refractivity contribution >= 4 is 86.0 Å². The second-order valence-electron chi connectivity index (χ2n) is 26.0. The van der Waals surface area contributed by atoms with Gasteiger partial charge in [0.2, 0.25) is 0 Å². The molecule has 0 saturated heterocycles. The minimum Gasteiger partial charge on any atom is -0.458 e. The molecule has 0 amide bonds. The van der Waals surface area contributed by atoms with Crippen LogP contribution in [0.15, 0.2) is 340 Å². The van der Waals surface area contributed by atoms with E-state index in [4.69, 9.17) is 16.0 Å². The molecule has 0 saturated carbocycles. The number of benzene rings is 15. The monoisotopic (exact) mass is 1270 g/mol. The molecule has 15 aromatic carbocycles. The summed E-state index contributed by atoms with van der Waals surface area (Å²) in [5.41, 5.74) is 29.0. The second kappa shape index (κ2) is 23.8. The number of ether oxygens (including phenoxy) is 2. The van der Waals surface area contributed by atoms with Gasteiger partial charge in [0.25, 0.3) is 13.4 Å². The molecular weight excluding hydrogens is 1210 g/mol. The molecule has 0 unspecified atom stereocenters. The van der Waals surface area contributed by atoms with Gasteiger partial charge in [-0.2, -0.15) is 5.26 Å². The van der Waals surface area contributed by atoms with Gasteiger partial charge in [0.15, 0.2) is 5.69 Å². The first kappa shape index (κ1) is 58.0. The van der Waals surface area contributed by atoms with E-state index in [0.29, 0.717) is 11.3 Å². The van der Waals surface area contributed by atoms with E-state index in [1.807, 2.05) is 6.07 Å². The molecule has 15 aromatic rings. The third kappa shape index (κ3) is 9.57.